The maximum Gasteiger partial charge on any atom is 0.141 e. The first kappa shape index (κ1) is 8.18. The molecule has 0 unspecified atom stereocenters. The van der Waals surface area contributed by atoms with Crippen LogP contribution in [-0.4, -0.2) is 0 Å². The summed E-state index contributed by atoms with van der Waals surface area (Å²) in [6.07, 6.45) is 0. The lowest BCUT2D eigenvalue weighted by Crippen LogP contribution is -1.74. The van der Waals surface area contributed by atoms with E-state index < -0.39 is 5.82 Å². The van der Waals surface area contributed by atoms with Gasteiger partial charge in [-0.2, -0.15) is 0 Å². The fraction of sp³-hybridized carbons (Fsp3) is 0. The van der Waals surface area contributed by atoms with Crippen LogP contribution in [0.1, 0.15) is 0 Å². The van der Waals surface area contributed by atoms with Gasteiger partial charge in [0.05, 0.1) is 5.02 Å². The smallest absolute Gasteiger partial charge is 0.141 e. The van der Waals surface area contributed by atoms with Crippen molar-refractivity contribution in [1.29, 1.82) is 0 Å². The highest BCUT2D eigenvalue weighted by atomic mass is 35.7. The van der Waals surface area contributed by atoms with Crippen LogP contribution in [-0.2, 0) is 0 Å². The fourth-order valence-electron chi connectivity index (χ4n) is 0.525. The molecule has 0 heterocycles. The van der Waals surface area contributed by atoms with Crippen LogP contribution in [0.3, 0.4) is 0 Å². The molecule has 1 rings (SSSR count). The Hall–Kier alpha value is 0.0800. The first-order chi connectivity index (χ1) is 4.74. The number of benzene rings is 1. The van der Waals surface area contributed by atoms with Crippen LogP contribution >= 0.6 is 33.3 Å². The summed E-state index contributed by atoms with van der Waals surface area (Å²) >= 11 is 5.45. The van der Waals surface area contributed by atoms with Gasteiger partial charge in [0, 0.05) is 4.90 Å². The van der Waals surface area contributed by atoms with Crippen molar-refractivity contribution in [2.45, 2.75) is 4.90 Å². The Morgan fingerprint density at radius 1 is 1.40 bits per heavy atom. The number of rotatable bonds is 1. The Balaban J connectivity index is 3.04. The second kappa shape index (κ2) is 3.46. The third-order valence-electron chi connectivity index (χ3n) is 0.980. The predicted octanol–water partition coefficient (Wildman–Crippen LogP) is 3.73. The predicted molar refractivity (Wildman–Crippen MR) is 43.1 cm³/mol. The summed E-state index contributed by atoms with van der Waals surface area (Å²) in [5.41, 5.74) is 0. The van der Waals surface area contributed by atoms with Crippen molar-refractivity contribution in [3.8, 4) is 0 Å². The van der Waals surface area contributed by atoms with E-state index in [2.05, 4.69) is 0 Å². The molecule has 0 aliphatic carbocycles. The molecule has 1 aromatic carbocycles. The monoisotopic (exact) mass is 196 g/mol. The molecule has 0 N–H and O–H groups in total. The van der Waals surface area contributed by atoms with Crippen molar-refractivity contribution < 1.29 is 4.39 Å². The fourth-order valence-corrected chi connectivity index (χ4v) is 1.34. The van der Waals surface area contributed by atoms with E-state index in [0.717, 1.165) is 15.9 Å². The second-order valence-corrected chi connectivity index (χ2v) is 3.15. The standard InChI is InChI=1S/C6H3Cl2FS/c7-5-3-4(10-8)1-2-6(5)9/h1-3H. The van der Waals surface area contributed by atoms with Crippen molar-refractivity contribution in [2.24, 2.45) is 0 Å². The lowest BCUT2D eigenvalue weighted by Gasteiger charge is -1.94. The average molecular weight is 197 g/mol. The van der Waals surface area contributed by atoms with Gasteiger partial charge in [-0.15, -0.1) is 0 Å². The second-order valence-electron chi connectivity index (χ2n) is 1.65. The zero-order valence-corrected chi connectivity index (χ0v) is 7.10. The molecule has 0 aliphatic rings. The highest BCUT2D eigenvalue weighted by Crippen LogP contribution is 2.26. The molecular weight excluding hydrogens is 194 g/mol. The third kappa shape index (κ3) is 1.78. The molecule has 0 atom stereocenters. The van der Waals surface area contributed by atoms with E-state index in [4.69, 9.17) is 22.3 Å². The van der Waals surface area contributed by atoms with Crippen molar-refractivity contribution in [3.63, 3.8) is 0 Å². The lowest BCUT2D eigenvalue weighted by molar-refractivity contribution is 0.627. The van der Waals surface area contributed by atoms with E-state index in [1.807, 2.05) is 0 Å². The van der Waals surface area contributed by atoms with Gasteiger partial charge in [-0.1, -0.05) is 11.6 Å². The van der Waals surface area contributed by atoms with Gasteiger partial charge in [-0.3, -0.25) is 0 Å². The topological polar surface area (TPSA) is 0 Å². The number of halogens is 3. The molecule has 0 nitrogen and oxygen atoms in total. The Kier molecular flexibility index (Phi) is 2.83. The first-order valence-electron chi connectivity index (χ1n) is 2.47. The summed E-state index contributed by atoms with van der Waals surface area (Å²) in [6, 6.07) is 4.33. The molecule has 0 fully saturated rings. The Morgan fingerprint density at radius 3 is 2.60 bits per heavy atom. The molecule has 54 valence electrons. The molecule has 0 aliphatic heterocycles. The van der Waals surface area contributed by atoms with E-state index >= 15 is 0 Å². The molecular formula is C6H3Cl2FS. The Morgan fingerprint density at radius 2 is 2.10 bits per heavy atom. The van der Waals surface area contributed by atoms with E-state index in [1.165, 1.54) is 12.1 Å². The zero-order chi connectivity index (χ0) is 7.56. The van der Waals surface area contributed by atoms with Gasteiger partial charge >= 0.3 is 0 Å². The third-order valence-corrected chi connectivity index (χ3v) is 2.24. The van der Waals surface area contributed by atoms with Crippen LogP contribution in [0.4, 0.5) is 4.39 Å². The van der Waals surface area contributed by atoms with Gasteiger partial charge in [0.2, 0.25) is 0 Å². The van der Waals surface area contributed by atoms with Crippen LogP contribution in [0.15, 0.2) is 23.1 Å². The maximum atomic E-state index is 12.5. The molecule has 0 aromatic heterocycles. The molecule has 4 heteroatoms. The highest BCUT2D eigenvalue weighted by Gasteiger charge is 1.99. The minimum absolute atomic E-state index is 0.102. The first-order valence-corrected chi connectivity index (χ1v) is 4.50. The summed E-state index contributed by atoms with van der Waals surface area (Å²) in [4.78, 5) is 0.744. The van der Waals surface area contributed by atoms with Crippen molar-refractivity contribution in [1.82, 2.24) is 0 Å². The van der Waals surface area contributed by atoms with Crippen LogP contribution in [0.2, 0.25) is 5.02 Å². The summed E-state index contributed by atoms with van der Waals surface area (Å²) in [7, 11) is 6.40. The van der Waals surface area contributed by atoms with E-state index in [0.29, 0.717) is 0 Å². The van der Waals surface area contributed by atoms with Crippen LogP contribution < -0.4 is 0 Å². The maximum absolute atomic E-state index is 12.5. The summed E-state index contributed by atoms with van der Waals surface area (Å²) in [5, 5.41) is 0.102. The van der Waals surface area contributed by atoms with Gasteiger partial charge in [-0.05, 0) is 39.9 Å². The van der Waals surface area contributed by atoms with Crippen molar-refractivity contribution in [2.75, 3.05) is 0 Å². The van der Waals surface area contributed by atoms with Gasteiger partial charge in [0.15, 0.2) is 0 Å². The van der Waals surface area contributed by atoms with Gasteiger partial charge < -0.3 is 0 Å². The van der Waals surface area contributed by atoms with Crippen molar-refractivity contribution >= 4 is 33.3 Å². The molecule has 0 spiro atoms. The van der Waals surface area contributed by atoms with Crippen molar-refractivity contribution in [3.05, 3.63) is 29.0 Å². The number of hydrogen-bond acceptors (Lipinski definition) is 1. The van der Waals surface area contributed by atoms with Crippen LogP contribution in [0, 0.1) is 5.82 Å². The lowest BCUT2D eigenvalue weighted by atomic mass is 10.3. The van der Waals surface area contributed by atoms with E-state index in [9.17, 15) is 4.39 Å². The largest absolute Gasteiger partial charge is 0.205 e. The SMILES string of the molecule is Fc1ccc(SCl)cc1Cl. The quantitative estimate of drug-likeness (QED) is 0.660. The normalized spacial score (nSPS) is 9.90. The van der Waals surface area contributed by atoms with Crippen LogP contribution in [0.5, 0.6) is 0 Å². The van der Waals surface area contributed by atoms with Gasteiger partial charge in [0.1, 0.15) is 5.82 Å². The van der Waals surface area contributed by atoms with Gasteiger partial charge in [0.25, 0.3) is 0 Å². The molecule has 0 amide bonds. The summed E-state index contributed by atoms with van der Waals surface area (Å²) in [5.74, 6) is -0.420. The Labute approximate surface area is 71.8 Å². The average Bonchev–Trinajstić information content (AvgIpc) is 1.95. The Bertz CT molecular complexity index is 239. The molecule has 1 aromatic rings. The summed E-state index contributed by atoms with van der Waals surface area (Å²) in [6.45, 7) is 0. The van der Waals surface area contributed by atoms with Crippen LogP contribution in [0.25, 0.3) is 0 Å². The molecule has 0 saturated heterocycles. The molecule has 10 heavy (non-hydrogen) atoms. The van der Waals surface area contributed by atoms with E-state index in [1.54, 1.807) is 6.07 Å². The molecule has 0 bridgehead atoms. The summed E-state index contributed by atoms with van der Waals surface area (Å²) < 4.78 is 12.5. The minimum Gasteiger partial charge on any atom is -0.205 e. The minimum atomic E-state index is -0.420. The van der Waals surface area contributed by atoms with E-state index in [-0.39, 0.29) is 5.02 Å². The number of hydrogen-bond donors (Lipinski definition) is 0. The zero-order valence-electron chi connectivity index (χ0n) is 4.77. The highest BCUT2D eigenvalue weighted by molar-refractivity contribution is 8.21. The van der Waals surface area contributed by atoms with Gasteiger partial charge in [-0.25, -0.2) is 4.39 Å². The molecule has 0 radical (unpaired) electrons. The molecule has 0 saturated carbocycles.